The number of likely N-dealkylation sites (N-methyl/N-ethyl adjacent to an activating group) is 1. The van der Waals surface area contributed by atoms with Crippen molar-refractivity contribution in [3.05, 3.63) is 30.3 Å². The smallest absolute Gasteiger partial charge is 0.243 e. The fourth-order valence-electron chi connectivity index (χ4n) is 2.43. The standard InChI is InChI=1S/C17H24N2O2S2/c1-19(13-16(20)18-14-7-3-2-4-8-14)17(21)10-6-5-9-15-11-12-22-23-15/h2-4,7-8,15H,5-6,9-13H2,1H3,(H,18,20). The van der Waals surface area contributed by atoms with Gasteiger partial charge in [-0.25, -0.2) is 0 Å². The molecule has 0 aromatic heterocycles. The molecular weight excluding hydrogens is 328 g/mol. The van der Waals surface area contributed by atoms with Crippen LogP contribution < -0.4 is 5.32 Å². The van der Waals surface area contributed by atoms with Gasteiger partial charge in [-0.3, -0.25) is 9.59 Å². The van der Waals surface area contributed by atoms with Crippen LogP contribution >= 0.6 is 21.6 Å². The van der Waals surface area contributed by atoms with Crippen LogP contribution in [0.25, 0.3) is 0 Å². The number of carbonyl (C=O) groups is 2. The summed E-state index contributed by atoms with van der Waals surface area (Å²) >= 11 is 0. The van der Waals surface area contributed by atoms with Gasteiger partial charge in [-0.05, 0) is 31.4 Å². The summed E-state index contributed by atoms with van der Waals surface area (Å²) in [6.07, 6.45) is 5.02. The van der Waals surface area contributed by atoms with Crippen LogP contribution in [0.1, 0.15) is 32.1 Å². The van der Waals surface area contributed by atoms with E-state index in [1.807, 2.05) is 51.9 Å². The van der Waals surface area contributed by atoms with E-state index in [2.05, 4.69) is 5.32 Å². The van der Waals surface area contributed by atoms with Crippen LogP contribution in [0, 0.1) is 0 Å². The third-order valence-corrected chi connectivity index (χ3v) is 6.76. The first-order valence-electron chi connectivity index (χ1n) is 8.02. The Labute approximate surface area is 146 Å². The molecule has 1 aliphatic rings. The van der Waals surface area contributed by atoms with Crippen molar-refractivity contribution in [3.63, 3.8) is 0 Å². The van der Waals surface area contributed by atoms with E-state index < -0.39 is 0 Å². The molecule has 1 aliphatic heterocycles. The highest BCUT2D eigenvalue weighted by Gasteiger charge is 2.17. The Bertz CT molecular complexity index is 505. The minimum absolute atomic E-state index is 0.0432. The first kappa shape index (κ1) is 18.2. The zero-order valence-corrected chi connectivity index (χ0v) is 15.1. The van der Waals surface area contributed by atoms with Gasteiger partial charge >= 0.3 is 0 Å². The van der Waals surface area contributed by atoms with E-state index in [0.717, 1.165) is 23.8 Å². The van der Waals surface area contributed by atoms with Gasteiger partial charge in [0.25, 0.3) is 0 Å². The number of para-hydroxylation sites is 1. The number of benzene rings is 1. The monoisotopic (exact) mass is 352 g/mol. The summed E-state index contributed by atoms with van der Waals surface area (Å²) in [7, 11) is 5.63. The molecule has 1 unspecified atom stereocenters. The Morgan fingerprint density at radius 2 is 2.04 bits per heavy atom. The predicted molar refractivity (Wildman–Crippen MR) is 99.6 cm³/mol. The lowest BCUT2D eigenvalue weighted by molar-refractivity contribution is -0.133. The molecule has 1 heterocycles. The second-order valence-corrected chi connectivity index (χ2v) is 8.53. The summed E-state index contributed by atoms with van der Waals surface area (Å²) in [5.41, 5.74) is 0.755. The summed E-state index contributed by atoms with van der Waals surface area (Å²) in [6, 6.07) is 9.30. The molecule has 23 heavy (non-hydrogen) atoms. The zero-order chi connectivity index (χ0) is 16.5. The van der Waals surface area contributed by atoms with Crippen molar-refractivity contribution >= 4 is 39.1 Å². The number of anilines is 1. The van der Waals surface area contributed by atoms with E-state index >= 15 is 0 Å². The topological polar surface area (TPSA) is 49.4 Å². The Morgan fingerprint density at radius 3 is 2.74 bits per heavy atom. The molecule has 0 bridgehead atoms. The number of rotatable bonds is 8. The second kappa shape index (κ2) is 9.88. The lowest BCUT2D eigenvalue weighted by atomic mass is 10.1. The number of nitrogens with one attached hydrogen (secondary N) is 1. The van der Waals surface area contributed by atoms with Crippen molar-refractivity contribution in [2.45, 2.75) is 37.4 Å². The molecule has 4 nitrogen and oxygen atoms in total. The number of hydrogen-bond donors (Lipinski definition) is 1. The predicted octanol–water partition coefficient (Wildman–Crippen LogP) is 3.80. The van der Waals surface area contributed by atoms with Crippen molar-refractivity contribution in [1.82, 2.24) is 4.90 Å². The van der Waals surface area contributed by atoms with Crippen LogP contribution in [-0.4, -0.2) is 41.3 Å². The lowest BCUT2D eigenvalue weighted by Crippen LogP contribution is -2.34. The van der Waals surface area contributed by atoms with E-state index in [4.69, 9.17) is 0 Å². The van der Waals surface area contributed by atoms with E-state index in [0.29, 0.717) is 6.42 Å². The lowest BCUT2D eigenvalue weighted by Gasteiger charge is -2.17. The molecule has 126 valence electrons. The van der Waals surface area contributed by atoms with Gasteiger partial charge in [0.2, 0.25) is 11.8 Å². The van der Waals surface area contributed by atoms with Crippen LogP contribution in [0.2, 0.25) is 0 Å². The zero-order valence-electron chi connectivity index (χ0n) is 13.5. The highest BCUT2D eigenvalue weighted by molar-refractivity contribution is 8.77. The van der Waals surface area contributed by atoms with Crippen LogP contribution in [0.5, 0.6) is 0 Å². The number of unbranched alkanes of at least 4 members (excludes halogenated alkanes) is 1. The summed E-state index contributed by atoms with van der Waals surface area (Å²) < 4.78 is 0. The molecule has 0 saturated carbocycles. The molecule has 1 fully saturated rings. The number of hydrogen-bond acceptors (Lipinski definition) is 4. The number of amides is 2. The molecular formula is C17H24N2O2S2. The van der Waals surface area contributed by atoms with Gasteiger partial charge in [0.15, 0.2) is 0 Å². The summed E-state index contributed by atoms with van der Waals surface area (Å²) in [6.45, 7) is 0.100. The van der Waals surface area contributed by atoms with Gasteiger partial charge < -0.3 is 10.2 Å². The highest BCUT2D eigenvalue weighted by atomic mass is 33.1. The van der Waals surface area contributed by atoms with Gasteiger partial charge in [-0.15, -0.1) is 0 Å². The molecule has 0 spiro atoms. The summed E-state index contributed by atoms with van der Waals surface area (Å²) in [5.74, 6) is 1.14. The van der Waals surface area contributed by atoms with E-state index in [-0.39, 0.29) is 18.4 Å². The average molecular weight is 353 g/mol. The molecule has 1 aromatic rings. The second-order valence-electron chi connectivity index (χ2n) is 5.74. The maximum Gasteiger partial charge on any atom is 0.243 e. The summed E-state index contributed by atoms with van der Waals surface area (Å²) in [4.78, 5) is 25.5. The van der Waals surface area contributed by atoms with Crippen molar-refractivity contribution in [3.8, 4) is 0 Å². The minimum atomic E-state index is -0.161. The van der Waals surface area contributed by atoms with Crippen molar-refractivity contribution in [2.24, 2.45) is 0 Å². The van der Waals surface area contributed by atoms with Crippen LogP contribution in [0.3, 0.4) is 0 Å². The van der Waals surface area contributed by atoms with E-state index in [1.165, 1.54) is 23.5 Å². The summed E-state index contributed by atoms with van der Waals surface area (Å²) in [5, 5.41) is 3.56. The van der Waals surface area contributed by atoms with Crippen LogP contribution in [0.15, 0.2) is 30.3 Å². The van der Waals surface area contributed by atoms with Gasteiger partial charge in [0.1, 0.15) is 0 Å². The average Bonchev–Trinajstić information content (AvgIpc) is 3.05. The van der Waals surface area contributed by atoms with E-state index in [9.17, 15) is 9.59 Å². The normalized spacial score (nSPS) is 17.0. The molecule has 0 radical (unpaired) electrons. The van der Waals surface area contributed by atoms with E-state index in [1.54, 1.807) is 7.05 Å². The molecule has 1 saturated heterocycles. The fraction of sp³-hybridized carbons (Fsp3) is 0.529. The Morgan fingerprint density at radius 1 is 1.26 bits per heavy atom. The Balaban J connectivity index is 1.60. The van der Waals surface area contributed by atoms with Gasteiger partial charge in [0.05, 0.1) is 6.54 Å². The first-order chi connectivity index (χ1) is 11.1. The molecule has 2 rings (SSSR count). The Hall–Kier alpha value is -1.14. The van der Waals surface area contributed by atoms with Crippen molar-refractivity contribution in [1.29, 1.82) is 0 Å². The Kier molecular flexibility index (Phi) is 7.82. The molecule has 0 aliphatic carbocycles. The third kappa shape index (κ3) is 6.87. The SMILES string of the molecule is CN(CC(=O)Nc1ccccc1)C(=O)CCCCC1CCSS1. The van der Waals surface area contributed by atoms with Gasteiger partial charge in [-0.2, -0.15) is 0 Å². The molecule has 1 N–H and O–H groups in total. The molecule has 1 aromatic carbocycles. The van der Waals surface area contributed by atoms with Crippen LogP contribution in [-0.2, 0) is 9.59 Å². The minimum Gasteiger partial charge on any atom is -0.336 e. The van der Waals surface area contributed by atoms with Gasteiger partial charge in [-0.1, -0.05) is 46.2 Å². The van der Waals surface area contributed by atoms with Crippen molar-refractivity contribution < 1.29 is 9.59 Å². The highest BCUT2D eigenvalue weighted by Crippen LogP contribution is 2.39. The van der Waals surface area contributed by atoms with Crippen LogP contribution in [0.4, 0.5) is 5.69 Å². The number of carbonyl (C=O) groups excluding carboxylic acids is 2. The molecule has 6 heteroatoms. The molecule has 1 atom stereocenters. The third-order valence-electron chi connectivity index (χ3n) is 3.76. The fourth-order valence-corrected chi connectivity index (χ4v) is 5.46. The number of nitrogens with zero attached hydrogens (tertiary/aromatic N) is 1. The van der Waals surface area contributed by atoms with Crippen molar-refractivity contribution in [2.75, 3.05) is 24.7 Å². The van der Waals surface area contributed by atoms with Gasteiger partial charge in [0, 0.05) is 30.2 Å². The largest absolute Gasteiger partial charge is 0.336 e. The maximum absolute atomic E-state index is 12.1. The maximum atomic E-state index is 12.1. The molecule has 2 amide bonds. The quantitative estimate of drug-likeness (QED) is 0.571. The first-order valence-corrected chi connectivity index (χ1v) is 10.4.